The Hall–Kier alpha value is -2.05. The molecule has 6 heteroatoms. The molecule has 4 N–H and O–H groups in total. The summed E-state index contributed by atoms with van der Waals surface area (Å²) < 4.78 is 0. The smallest absolute Gasteiger partial charge is 0.163 e. The molecule has 94 valence electrons. The van der Waals surface area contributed by atoms with E-state index < -0.39 is 5.60 Å². The van der Waals surface area contributed by atoms with E-state index in [2.05, 4.69) is 20.6 Å². The summed E-state index contributed by atoms with van der Waals surface area (Å²) in [6, 6.07) is 5.34. The second-order valence-corrected chi connectivity index (χ2v) is 4.43. The molecule has 6 nitrogen and oxygen atoms in total. The quantitative estimate of drug-likeness (QED) is 0.552. The van der Waals surface area contributed by atoms with Crippen LogP contribution in [0.25, 0.3) is 11.3 Å². The minimum Gasteiger partial charge on any atom is -0.386 e. The molecular weight excluding hydrogens is 230 g/mol. The molecule has 0 aromatic carbocycles. The lowest BCUT2D eigenvalue weighted by molar-refractivity contribution is 0.0789. The first-order chi connectivity index (χ1) is 8.52. The second kappa shape index (κ2) is 4.67. The number of hydrogen-bond acceptors (Lipinski definition) is 6. The van der Waals surface area contributed by atoms with Gasteiger partial charge in [0.25, 0.3) is 0 Å². The Kier molecular flexibility index (Phi) is 3.22. The number of nitrogens with two attached hydrogens (primary N) is 1. The third kappa shape index (κ3) is 2.44. The Labute approximate surface area is 105 Å². The average Bonchev–Trinajstić information content (AvgIpc) is 2.38. The number of pyridine rings is 1. The summed E-state index contributed by atoms with van der Waals surface area (Å²) in [5.74, 6) is 5.74. The van der Waals surface area contributed by atoms with Gasteiger partial charge in [-0.25, -0.2) is 5.84 Å². The largest absolute Gasteiger partial charge is 0.386 e. The van der Waals surface area contributed by atoms with Gasteiger partial charge >= 0.3 is 0 Å². The van der Waals surface area contributed by atoms with E-state index in [4.69, 9.17) is 5.84 Å². The molecular formula is C12H15N5O. The summed E-state index contributed by atoms with van der Waals surface area (Å²) >= 11 is 0. The zero-order valence-corrected chi connectivity index (χ0v) is 10.3. The van der Waals surface area contributed by atoms with Crippen LogP contribution in [-0.4, -0.2) is 20.3 Å². The second-order valence-electron chi connectivity index (χ2n) is 4.43. The first-order valence-electron chi connectivity index (χ1n) is 5.50. The van der Waals surface area contributed by atoms with Crippen molar-refractivity contribution in [2.24, 2.45) is 5.84 Å². The number of hydrogen-bond donors (Lipinski definition) is 3. The van der Waals surface area contributed by atoms with Gasteiger partial charge in [-0.3, -0.25) is 4.98 Å². The van der Waals surface area contributed by atoms with Crippen molar-refractivity contribution in [1.82, 2.24) is 15.2 Å². The Balaban J connectivity index is 2.57. The Morgan fingerprint density at radius 2 is 2.17 bits per heavy atom. The number of nitrogens with zero attached hydrogens (tertiary/aromatic N) is 3. The van der Waals surface area contributed by atoms with Crippen molar-refractivity contribution < 1.29 is 5.11 Å². The summed E-state index contributed by atoms with van der Waals surface area (Å²) in [5, 5.41) is 17.8. The predicted molar refractivity (Wildman–Crippen MR) is 68.3 cm³/mol. The van der Waals surface area contributed by atoms with E-state index in [1.165, 1.54) is 0 Å². The number of hydrazine groups is 1. The van der Waals surface area contributed by atoms with Crippen LogP contribution in [0.3, 0.4) is 0 Å². The van der Waals surface area contributed by atoms with E-state index in [9.17, 15) is 5.11 Å². The van der Waals surface area contributed by atoms with E-state index in [-0.39, 0.29) is 0 Å². The van der Waals surface area contributed by atoms with Gasteiger partial charge in [-0.05, 0) is 26.0 Å². The molecule has 0 amide bonds. The highest BCUT2D eigenvalue weighted by atomic mass is 16.3. The average molecular weight is 245 g/mol. The molecule has 0 saturated carbocycles. The standard InChI is InChI=1S/C12H15N5O/c1-12(2,18)9-4-3-5-14-11(9)8-6-10(16-13)17-15-7-8/h3-7,18H,13H2,1-2H3,(H,16,17). The fraction of sp³-hybridized carbons (Fsp3) is 0.250. The highest BCUT2D eigenvalue weighted by molar-refractivity contribution is 5.65. The Bertz CT molecular complexity index is 550. The highest BCUT2D eigenvalue weighted by Crippen LogP contribution is 2.29. The van der Waals surface area contributed by atoms with Crippen LogP contribution in [0.2, 0.25) is 0 Å². The Morgan fingerprint density at radius 1 is 1.39 bits per heavy atom. The lowest BCUT2D eigenvalue weighted by atomic mass is 9.94. The van der Waals surface area contributed by atoms with Crippen molar-refractivity contribution in [2.75, 3.05) is 5.43 Å². The van der Waals surface area contributed by atoms with Gasteiger partial charge in [-0.15, -0.1) is 5.10 Å². The minimum absolute atomic E-state index is 0.444. The van der Waals surface area contributed by atoms with Crippen molar-refractivity contribution in [3.05, 3.63) is 36.2 Å². The number of nitrogens with one attached hydrogen (secondary N) is 1. The molecule has 2 heterocycles. The zero-order valence-electron chi connectivity index (χ0n) is 10.3. The first-order valence-corrected chi connectivity index (χ1v) is 5.50. The maximum atomic E-state index is 10.1. The molecule has 18 heavy (non-hydrogen) atoms. The fourth-order valence-electron chi connectivity index (χ4n) is 1.70. The van der Waals surface area contributed by atoms with Crippen molar-refractivity contribution in [3.63, 3.8) is 0 Å². The summed E-state index contributed by atoms with van der Waals surface area (Å²) in [6.45, 7) is 3.43. The van der Waals surface area contributed by atoms with Crippen molar-refractivity contribution in [2.45, 2.75) is 19.4 Å². The minimum atomic E-state index is -0.983. The Morgan fingerprint density at radius 3 is 2.83 bits per heavy atom. The molecule has 0 aliphatic heterocycles. The fourth-order valence-corrected chi connectivity index (χ4v) is 1.70. The number of aromatic nitrogens is 3. The van der Waals surface area contributed by atoms with Crippen molar-refractivity contribution in [1.29, 1.82) is 0 Å². The van der Waals surface area contributed by atoms with E-state index in [1.807, 2.05) is 6.07 Å². The number of aliphatic hydroxyl groups is 1. The van der Waals surface area contributed by atoms with Crippen LogP contribution < -0.4 is 11.3 Å². The third-order valence-electron chi connectivity index (χ3n) is 2.54. The van der Waals surface area contributed by atoms with E-state index in [0.717, 1.165) is 11.1 Å². The van der Waals surface area contributed by atoms with Gasteiger partial charge in [-0.1, -0.05) is 6.07 Å². The summed E-state index contributed by atoms with van der Waals surface area (Å²) in [6.07, 6.45) is 3.25. The first kappa shape index (κ1) is 12.4. The van der Waals surface area contributed by atoms with Crippen LogP contribution in [0.1, 0.15) is 19.4 Å². The summed E-state index contributed by atoms with van der Waals surface area (Å²) in [4.78, 5) is 4.29. The maximum absolute atomic E-state index is 10.1. The van der Waals surface area contributed by atoms with Crippen LogP contribution in [0.4, 0.5) is 5.82 Å². The summed E-state index contributed by atoms with van der Waals surface area (Å²) in [7, 11) is 0. The van der Waals surface area contributed by atoms with Gasteiger partial charge in [0, 0.05) is 17.3 Å². The molecule has 0 radical (unpaired) electrons. The van der Waals surface area contributed by atoms with Gasteiger partial charge in [0.05, 0.1) is 17.5 Å². The van der Waals surface area contributed by atoms with Crippen LogP contribution in [0.5, 0.6) is 0 Å². The van der Waals surface area contributed by atoms with Gasteiger partial charge in [-0.2, -0.15) is 5.10 Å². The predicted octanol–water partition coefficient (Wildman–Crippen LogP) is 1.05. The van der Waals surface area contributed by atoms with Crippen LogP contribution in [0.15, 0.2) is 30.6 Å². The lowest BCUT2D eigenvalue weighted by Crippen LogP contribution is -2.17. The van der Waals surface area contributed by atoms with Gasteiger partial charge in [0.15, 0.2) is 5.82 Å². The molecule has 0 fully saturated rings. The topological polar surface area (TPSA) is 97.0 Å². The molecule has 0 aliphatic rings. The van der Waals surface area contributed by atoms with Gasteiger partial charge < -0.3 is 10.5 Å². The molecule has 0 unspecified atom stereocenters. The monoisotopic (exact) mass is 245 g/mol. The van der Waals surface area contributed by atoms with E-state index in [0.29, 0.717) is 11.5 Å². The molecule has 2 rings (SSSR count). The molecule has 0 bridgehead atoms. The van der Waals surface area contributed by atoms with E-state index in [1.54, 1.807) is 38.4 Å². The van der Waals surface area contributed by atoms with Crippen LogP contribution in [-0.2, 0) is 5.60 Å². The molecule has 2 aromatic heterocycles. The third-order valence-corrected chi connectivity index (χ3v) is 2.54. The van der Waals surface area contributed by atoms with Crippen molar-refractivity contribution >= 4 is 5.82 Å². The van der Waals surface area contributed by atoms with Gasteiger partial charge in [0.2, 0.25) is 0 Å². The van der Waals surface area contributed by atoms with Gasteiger partial charge in [0.1, 0.15) is 0 Å². The normalized spacial score (nSPS) is 11.3. The molecule has 0 spiro atoms. The molecule has 2 aromatic rings. The lowest BCUT2D eigenvalue weighted by Gasteiger charge is -2.20. The molecule has 0 aliphatic carbocycles. The summed E-state index contributed by atoms with van der Waals surface area (Å²) in [5.41, 5.74) is 3.58. The van der Waals surface area contributed by atoms with Crippen molar-refractivity contribution in [3.8, 4) is 11.3 Å². The van der Waals surface area contributed by atoms with Crippen LogP contribution in [0, 0.1) is 0 Å². The van der Waals surface area contributed by atoms with Crippen LogP contribution >= 0.6 is 0 Å². The van der Waals surface area contributed by atoms with E-state index >= 15 is 0 Å². The highest BCUT2D eigenvalue weighted by Gasteiger charge is 2.21. The number of rotatable bonds is 3. The number of nitrogen functional groups attached to an aromatic ring is 1. The number of anilines is 1. The molecule has 0 saturated heterocycles. The SMILES string of the molecule is CC(C)(O)c1cccnc1-c1cnnc(NN)c1. The zero-order chi connectivity index (χ0) is 13.2. The maximum Gasteiger partial charge on any atom is 0.163 e. The molecule has 0 atom stereocenters.